The second-order valence-corrected chi connectivity index (χ2v) is 5.20. The van der Waals surface area contributed by atoms with Crippen LogP contribution >= 0.6 is 11.6 Å². The number of amides is 1. The summed E-state index contributed by atoms with van der Waals surface area (Å²) in [7, 11) is 0. The fraction of sp³-hybridized carbons (Fsp3) is 0.286. The number of nitrogens with one attached hydrogen (secondary N) is 1. The minimum Gasteiger partial charge on any atom is -0.307 e. The average molecular weight is 323 g/mol. The molecule has 0 saturated carbocycles. The van der Waals surface area contributed by atoms with Crippen LogP contribution in [0.4, 0.5) is 11.5 Å². The third-order valence-electron chi connectivity index (χ3n) is 3.33. The van der Waals surface area contributed by atoms with Crippen molar-refractivity contribution in [2.75, 3.05) is 5.32 Å². The van der Waals surface area contributed by atoms with Gasteiger partial charge in [-0.1, -0.05) is 18.5 Å². The van der Waals surface area contributed by atoms with Crippen molar-refractivity contribution in [3.63, 3.8) is 0 Å². The number of hydrogen-bond donors (Lipinski definition) is 1. The number of nitrogens with zero attached hydrogens (tertiary/aromatic N) is 3. The van der Waals surface area contributed by atoms with E-state index in [2.05, 4.69) is 10.4 Å². The Bertz CT molecular complexity index is 714. The number of benzene rings is 1. The normalized spacial score (nSPS) is 12.0. The lowest BCUT2D eigenvalue weighted by molar-refractivity contribution is -0.384. The van der Waals surface area contributed by atoms with Crippen molar-refractivity contribution < 1.29 is 9.72 Å². The Morgan fingerprint density at radius 2 is 2.23 bits per heavy atom. The van der Waals surface area contributed by atoms with Gasteiger partial charge in [0.1, 0.15) is 10.8 Å². The SMILES string of the molecule is CC[C@@H](C)n1nccc1NC(=O)c1ccc(Cl)c([N+](=O)[O-])c1. The van der Waals surface area contributed by atoms with Crippen molar-refractivity contribution in [1.29, 1.82) is 0 Å². The maximum absolute atomic E-state index is 12.2. The fourth-order valence-electron chi connectivity index (χ4n) is 1.92. The van der Waals surface area contributed by atoms with Crippen molar-refractivity contribution in [3.8, 4) is 0 Å². The third kappa shape index (κ3) is 3.25. The highest BCUT2D eigenvalue weighted by Crippen LogP contribution is 2.25. The molecule has 0 aliphatic rings. The van der Waals surface area contributed by atoms with Gasteiger partial charge in [0.2, 0.25) is 0 Å². The van der Waals surface area contributed by atoms with E-state index in [9.17, 15) is 14.9 Å². The number of rotatable bonds is 5. The quantitative estimate of drug-likeness (QED) is 0.671. The van der Waals surface area contributed by atoms with Crippen LogP contribution < -0.4 is 5.32 Å². The average Bonchev–Trinajstić information content (AvgIpc) is 2.94. The molecule has 1 N–H and O–H groups in total. The summed E-state index contributed by atoms with van der Waals surface area (Å²) in [5.41, 5.74) is -0.141. The highest BCUT2D eigenvalue weighted by molar-refractivity contribution is 6.32. The largest absolute Gasteiger partial charge is 0.307 e. The van der Waals surface area contributed by atoms with Crippen molar-refractivity contribution in [1.82, 2.24) is 9.78 Å². The summed E-state index contributed by atoms with van der Waals surface area (Å²) in [6.45, 7) is 4.00. The molecule has 0 unspecified atom stereocenters. The van der Waals surface area contributed by atoms with E-state index < -0.39 is 10.8 Å². The third-order valence-corrected chi connectivity index (χ3v) is 3.64. The number of nitro benzene ring substituents is 1. The van der Waals surface area contributed by atoms with E-state index >= 15 is 0 Å². The van der Waals surface area contributed by atoms with Crippen molar-refractivity contribution in [2.24, 2.45) is 0 Å². The molecule has 1 atom stereocenters. The van der Waals surface area contributed by atoms with E-state index in [-0.39, 0.29) is 22.3 Å². The van der Waals surface area contributed by atoms with Crippen molar-refractivity contribution in [3.05, 3.63) is 51.2 Å². The Morgan fingerprint density at radius 3 is 2.86 bits per heavy atom. The van der Waals surface area contributed by atoms with Crippen LogP contribution in [0.25, 0.3) is 0 Å². The zero-order valence-electron chi connectivity index (χ0n) is 12.1. The topological polar surface area (TPSA) is 90.1 Å². The standard InChI is InChI=1S/C14H15ClN4O3/c1-3-9(2)18-13(6-7-16-18)17-14(20)10-4-5-11(15)12(8-10)19(21)22/h4-9H,3H2,1-2H3,(H,17,20)/t9-/m1/s1. The smallest absolute Gasteiger partial charge is 0.288 e. The molecule has 2 aromatic rings. The summed E-state index contributed by atoms with van der Waals surface area (Å²) in [6, 6.07) is 5.73. The first-order chi connectivity index (χ1) is 10.4. The summed E-state index contributed by atoms with van der Waals surface area (Å²) >= 11 is 5.74. The Morgan fingerprint density at radius 1 is 1.50 bits per heavy atom. The molecule has 8 heteroatoms. The summed E-state index contributed by atoms with van der Waals surface area (Å²) in [6.07, 6.45) is 2.45. The first kappa shape index (κ1) is 16.0. The molecule has 1 aromatic carbocycles. The fourth-order valence-corrected chi connectivity index (χ4v) is 2.11. The van der Waals surface area contributed by atoms with E-state index in [0.717, 1.165) is 12.5 Å². The molecule has 22 heavy (non-hydrogen) atoms. The second-order valence-electron chi connectivity index (χ2n) is 4.80. The monoisotopic (exact) mass is 322 g/mol. The van der Waals surface area contributed by atoms with E-state index in [1.54, 1.807) is 16.9 Å². The lowest BCUT2D eigenvalue weighted by Gasteiger charge is -2.14. The van der Waals surface area contributed by atoms with Gasteiger partial charge in [0.05, 0.1) is 17.2 Å². The Labute approximate surface area is 132 Å². The van der Waals surface area contributed by atoms with E-state index in [1.165, 1.54) is 12.1 Å². The van der Waals surface area contributed by atoms with Gasteiger partial charge in [0, 0.05) is 17.7 Å². The van der Waals surface area contributed by atoms with Crippen LogP contribution in [0.2, 0.25) is 5.02 Å². The number of carbonyl (C=O) groups excluding carboxylic acids is 1. The van der Waals surface area contributed by atoms with Gasteiger partial charge in [-0.3, -0.25) is 14.9 Å². The summed E-state index contributed by atoms with van der Waals surface area (Å²) in [5, 5.41) is 17.7. The van der Waals surface area contributed by atoms with Crippen LogP contribution in [-0.2, 0) is 0 Å². The van der Waals surface area contributed by atoms with Gasteiger partial charge < -0.3 is 5.32 Å². The molecule has 0 aliphatic carbocycles. The number of carbonyl (C=O) groups is 1. The summed E-state index contributed by atoms with van der Waals surface area (Å²) < 4.78 is 1.70. The predicted octanol–water partition coefficient (Wildman–Crippen LogP) is 3.67. The molecule has 0 saturated heterocycles. The number of anilines is 1. The van der Waals surface area contributed by atoms with Gasteiger partial charge in [-0.2, -0.15) is 5.10 Å². The minimum atomic E-state index is -0.622. The van der Waals surface area contributed by atoms with Gasteiger partial charge in [0.25, 0.3) is 11.6 Å². The molecule has 1 aromatic heterocycles. The van der Waals surface area contributed by atoms with E-state index in [1.807, 2.05) is 13.8 Å². The number of aromatic nitrogens is 2. The molecular weight excluding hydrogens is 308 g/mol. The lowest BCUT2D eigenvalue weighted by Crippen LogP contribution is -2.17. The van der Waals surface area contributed by atoms with Crippen LogP contribution in [0.5, 0.6) is 0 Å². The first-order valence-electron chi connectivity index (χ1n) is 6.72. The highest BCUT2D eigenvalue weighted by Gasteiger charge is 2.18. The van der Waals surface area contributed by atoms with Gasteiger partial charge >= 0.3 is 0 Å². The van der Waals surface area contributed by atoms with E-state index in [0.29, 0.717) is 5.82 Å². The molecule has 0 bridgehead atoms. The lowest BCUT2D eigenvalue weighted by atomic mass is 10.2. The van der Waals surface area contributed by atoms with Crippen LogP contribution in [0.15, 0.2) is 30.5 Å². The van der Waals surface area contributed by atoms with Crippen LogP contribution in [0, 0.1) is 10.1 Å². The predicted molar refractivity (Wildman–Crippen MR) is 83.3 cm³/mol. The van der Waals surface area contributed by atoms with Gasteiger partial charge in [0.15, 0.2) is 0 Å². The zero-order chi connectivity index (χ0) is 16.3. The molecule has 0 spiro atoms. The Kier molecular flexibility index (Phi) is 4.77. The van der Waals surface area contributed by atoms with Gasteiger partial charge in [-0.05, 0) is 25.5 Å². The molecule has 2 rings (SSSR count). The molecule has 1 heterocycles. The molecule has 0 fully saturated rings. The number of hydrogen-bond acceptors (Lipinski definition) is 4. The zero-order valence-corrected chi connectivity index (χ0v) is 12.9. The van der Waals surface area contributed by atoms with Crippen LogP contribution in [0.3, 0.4) is 0 Å². The minimum absolute atomic E-state index is 0.00815. The van der Waals surface area contributed by atoms with Crippen molar-refractivity contribution >= 4 is 29.0 Å². The maximum Gasteiger partial charge on any atom is 0.288 e. The summed E-state index contributed by atoms with van der Waals surface area (Å²) in [5.74, 6) is 0.0850. The number of nitro groups is 1. The molecule has 116 valence electrons. The Hall–Kier alpha value is -2.41. The Balaban J connectivity index is 2.25. The first-order valence-corrected chi connectivity index (χ1v) is 7.10. The summed E-state index contributed by atoms with van der Waals surface area (Å²) in [4.78, 5) is 22.5. The van der Waals surface area contributed by atoms with Gasteiger partial charge in [-0.25, -0.2) is 4.68 Å². The molecule has 0 radical (unpaired) electrons. The van der Waals surface area contributed by atoms with Crippen LogP contribution in [-0.4, -0.2) is 20.6 Å². The second kappa shape index (κ2) is 6.57. The highest BCUT2D eigenvalue weighted by atomic mass is 35.5. The molecule has 0 aliphatic heterocycles. The molecule has 7 nitrogen and oxygen atoms in total. The van der Waals surface area contributed by atoms with E-state index in [4.69, 9.17) is 11.6 Å². The van der Waals surface area contributed by atoms with Crippen LogP contribution in [0.1, 0.15) is 36.7 Å². The number of halogens is 1. The van der Waals surface area contributed by atoms with Gasteiger partial charge in [-0.15, -0.1) is 0 Å². The maximum atomic E-state index is 12.2. The molecular formula is C14H15ClN4O3. The molecule has 1 amide bonds. The van der Waals surface area contributed by atoms with Crippen molar-refractivity contribution in [2.45, 2.75) is 26.3 Å².